The molecule has 42 heavy (non-hydrogen) atoms. The fourth-order valence-electron chi connectivity index (χ4n) is 7.22. The van der Waals surface area contributed by atoms with Gasteiger partial charge in [-0.15, -0.1) is 0 Å². The topological polar surface area (TPSA) is 17.0 Å². The van der Waals surface area contributed by atoms with Crippen molar-refractivity contribution in [3.8, 4) is 16.8 Å². The van der Waals surface area contributed by atoms with Crippen LogP contribution in [0, 0.1) is 0 Å². The molecule has 0 amide bonds. The number of nitrogens with zero attached hydrogens (tertiary/aromatic N) is 1. The fraction of sp³-hybridized carbons (Fsp3) is 0. The summed E-state index contributed by atoms with van der Waals surface area (Å²) in [6.07, 6.45) is 0. The third-order valence-electron chi connectivity index (χ3n) is 8.98. The van der Waals surface area contributed by atoms with Crippen molar-refractivity contribution in [2.45, 2.75) is 9.79 Å². The van der Waals surface area contributed by atoms with Gasteiger partial charge in [-0.05, 0) is 62.9 Å². The van der Waals surface area contributed by atoms with Crippen molar-refractivity contribution < 1.29 is 0 Å². The van der Waals surface area contributed by atoms with Crippen LogP contribution in [0.2, 0.25) is 0 Å². The molecule has 0 spiro atoms. The van der Waals surface area contributed by atoms with E-state index < -0.39 is 0 Å². The van der Waals surface area contributed by atoms with Crippen molar-refractivity contribution in [1.82, 2.24) is 4.57 Å². The number of para-hydroxylation sites is 3. The Labute approximate surface area is 247 Å². The van der Waals surface area contributed by atoms with Gasteiger partial charge < -0.3 is 9.88 Å². The summed E-state index contributed by atoms with van der Waals surface area (Å²) in [6.45, 7) is 0. The first kappa shape index (κ1) is 22.7. The van der Waals surface area contributed by atoms with Gasteiger partial charge in [0.05, 0.1) is 16.9 Å². The zero-order valence-electron chi connectivity index (χ0n) is 22.6. The molecule has 2 aliphatic rings. The molecule has 0 fully saturated rings. The smallest absolute Gasteiger partial charge is 0.197 e. The largest absolute Gasteiger partial charge is 0.353 e. The predicted molar refractivity (Wildman–Crippen MR) is 180 cm³/mol. The monoisotopic (exact) mass is 549 g/mol. The molecule has 1 N–H and O–H groups in total. The molecule has 0 unspecified atom stereocenters. The molecule has 2 nitrogen and oxygen atoms in total. The van der Waals surface area contributed by atoms with Crippen molar-refractivity contribution in [2.75, 3.05) is 5.32 Å². The Hall–Kier alpha value is -4.93. The average molecular weight is 549 g/mol. The maximum atomic E-state index is 3.82. The summed E-state index contributed by atoms with van der Waals surface area (Å²) >= 11 is 1.84. The molecular formula is C38H22BN2S. The fourth-order valence-corrected chi connectivity index (χ4v) is 8.24. The Balaban J connectivity index is 1.34. The molecule has 10 rings (SSSR count). The van der Waals surface area contributed by atoms with Crippen molar-refractivity contribution in [2.24, 2.45) is 0 Å². The lowest BCUT2D eigenvalue weighted by Gasteiger charge is -2.28. The van der Waals surface area contributed by atoms with Gasteiger partial charge in [-0.3, -0.25) is 0 Å². The lowest BCUT2D eigenvalue weighted by atomic mass is 9.58. The van der Waals surface area contributed by atoms with E-state index in [-0.39, 0.29) is 0 Å². The maximum Gasteiger partial charge on any atom is 0.197 e. The summed E-state index contributed by atoms with van der Waals surface area (Å²) in [5.74, 6) is 0. The van der Waals surface area contributed by atoms with Crippen LogP contribution >= 0.6 is 11.8 Å². The van der Waals surface area contributed by atoms with Crippen LogP contribution < -0.4 is 16.2 Å². The van der Waals surface area contributed by atoms with E-state index in [1.807, 2.05) is 11.8 Å². The van der Waals surface area contributed by atoms with Crippen molar-refractivity contribution in [3.05, 3.63) is 127 Å². The van der Waals surface area contributed by atoms with E-state index >= 15 is 0 Å². The van der Waals surface area contributed by atoms with Crippen LogP contribution in [0.4, 0.5) is 11.4 Å². The molecule has 7 aromatic carbocycles. The summed E-state index contributed by atoms with van der Waals surface area (Å²) in [5.41, 5.74) is 11.2. The predicted octanol–water partition coefficient (Wildman–Crippen LogP) is 8.93. The molecular weight excluding hydrogens is 527 g/mol. The SMILES string of the molecule is [B]1c2c(cc3ccccc3c2-c2cccc3c2Nc2ccccc2S3)-n2c3ccc4ccccc4c3c3cccc1c32. The number of aromatic nitrogens is 1. The van der Waals surface area contributed by atoms with Crippen LogP contribution in [0.15, 0.2) is 137 Å². The molecule has 0 bridgehead atoms. The summed E-state index contributed by atoms with van der Waals surface area (Å²) in [6, 6.07) is 46.7. The zero-order chi connectivity index (χ0) is 27.4. The normalized spacial score (nSPS) is 13.0. The average Bonchev–Trinajstić information content (AvgIpc) is 3.39. The number of anilines is 2. The van der Waals surface area contributed by atoms with Gasteiger partial charge in [0.2, 0.25) is 0 Å². The van der Waals surface area contributed by atoms with Gasteiger partial charge in [0.15, 0.2) is 7.28 Å². The number of nitrogens with one attached hydrogen (secondary N) is 1. The summed E-state index contributed by atoms with van der Waals surface area (Å²) in [5, 5.41) is 11.5. The third-order valence-corrected chi connectivity index (χ3v) is 10.1. The van der Waals surface area contributed by atoms with Gasteiger partial charge in [-0.25, -0.2) is 0 Å². The molecule has 193 valence electrons. The van der Waals surface area contributed by atoms with Crippen LogP contribution in [0.25, 0.3) is 60.2 Å². The minimum Gasteiger partial charge on any atom is -0.353 e. The van der Waals surface area contributed by atoms with Crippen molar-refractivity contribution in [3.63, 3.8) is 0 Å². The van der Waals surface area contributed by atoms with Crippen LogP contribution in [0.5, 0.6) is 0 Å². The Morgan fingerprint density at radius 2 is 1.38 bits per heavy atom. The molecule has 0 atom stereocenters. The molecule has 2 aliphatic heterocycles. The number of hydrogen-bond acceptors (Lipinski definition) is 2. The van der Waals surface area contributed by atoms with Crippen LogP contribution in [-0.4, -0.2) is 11.8 Å². The first-order valence-electron chi connectivity index (χ1n) is 14.4. The first-order chi connectivity index (χ1) is 20.8. The Kier molecular flexibility index (Phi) is 4.50. The highest BCUT2D eigenvalue weighted by Crippen LogP contribution is 2.49. The number of fused-ring (bicyclic) bond motifs is 10. The van der Waals surface area contributed by atoms with E-state index in [0.717, 1.165) is 5.69 Å². The molecule has 0 saturated carbocycles. The summed E-state index contributed by atoms with van der Waals surface area (Å²) in [4.78, 5) is 2.51. The second-order valence-electron chi connectivity index (χ2n) is 11.2. The van der Waals surface area contributed by atoms with Gasteiger partial charge in [0.1, 0.15) is 0 Å². The minimum atomic E-state index is 1.16. The second kappa shape index (κ2) is 8.31. The Morgan fingerprint density at radius 1 is 0.619 bits per heavy atom. The summed E-state index contributed by atoms with van der Waals surface area (Å²) < 4.78 is 2.52. The van der Waals surface area contributed by atoms with E-state index in [2.05, 4.69) is 145 Å². The molecule has 1 radical (unpaired) electrons. The first-order valence-corrected chi connectivity index (χ1v) is 15.2. The Bertz CT molecular complexity index is 2460. The van der Waals surface area contributed by atoms with E-state index in [4.69, 9.17) is 0 Å². The molecule has 0 saturated heterocycles. The number of hydrogen-bond donors (Lipinski definition) is 1. The van der Waals surface area contributed by atoms with E-state index in [9.17, 15) is 0 Å². The van der Waals surface area contributed by atoms with E-state index in [1.54, 1.807) is 0 Å². The van der Waals surface area contributed by atoms with Crippen LogP contribution in [0.3, 0.4) is 0 Å². The molecule has 8 aromatic rings. The summed E-state index contributed by atoms with van der Waals surface area (Å²) in [7, 11) is 2.42. The van der Waals surface area contributed by atoms with Crippen molar-refractivity contribution in [1.29, 1.82) is 0 Å². The lowest BCUT2D eigenvalue weighted by molar-refractivity contribution is 1.20. The van der Waals surface area contributed by atoms with Gasteiger partial charge in [0.25, 0.3) is 0 Å². The number of rotatable bonds is 1. The van der Waals surface area contributed by atoms with Gasteiger partial charge >= 0.3 is 0 Å². The van der Waals surface area contributed by atoms with E-state index in [0.29, 0.717) is 0 Å². The zero-order valence-corrected chi connectivity index (χ0v) is 23.4. The van der Waals surface area contributed by atoms with Crippen LogP contribution in [-0.2, 0) is 0 Å². The molecule has 3 heterocycles. The third kappa shape index (κ3) is 2.97. The van der Waals surface area contributed by atoms with E-state index in [1.165, 1.54) is 86.6 Å². The highest BCUT2D eigenvalue weighted by Gasteiger charge is 2.29. The standard InChI is InChI=1S/C38H22BN2S/c1-3-11-24-22(9-1)19-20-30-34(24)27-14-7-15-28-38(27)41(30)31-21-23-10-2-4-12-25(23)35(36(31)39-28)26-13-8-18-33-37(26)40-29-16-5-6-17-32(29)42-33/h1-21,40H. The number of benzene rings is 7. The van der Waals surface area contributed by atoms with Crippen molar-refractivity contribution >= 4 is 84.7 Å². The quantitative estimate of drug-likeness (QED) is 0.206. The highest BCUT2D eigenvalue weighted by atomic mass is 32.2. The Morgan fingerprint density at radius 3 is 2.33 bits per heavy atom. The molecule has 0 aliphatic carbocycles. The minimum absolute atomic E-state index is 1.16. The maximum absolute atomic E-state index is 3.82. The van der Waals surface area contributed by atoms with Crippen LogP contribution in [0.1, 0.15) is 0 Å². The highest BCUT2D eigenvalue weighted by molar-refractivity contribution is 7.99. The van der Waals surface area contributed by atoms with Gasteiger partial charge in [-0.1, -0.05) is 114 Å². The van der Waals surface area contributed by atoms with Gasteiger partial charge in [-0.2, -0.15) is 0 Å². The van der Waals surface area contributed by atoms with Gasteiger partial charge in [0, 0.05) is 37.3 Å². The second-order valence-corrected chi connectivity index (χ2v) is 12.3. The lowest BCUT2D eigenvalue weighted by Crippen LogP contribution is -2.37. The molecule has 1 aromatic heterocycles. The molecule has 4 heteroatoms.